The van der Waals surface area contributed by atoms with Gasteiger partial charge in [0.15, 0.2) is 5.65 Å². The second-order valence-electron chi connectivity index (χ2n) is 4.96. The van der Waals surface area contributed by atoms with Crippen molar-refractivity contribution in [2.45, 2.75) is 31.3 Å². The lowest BCUT2D eigenvalue weighted by atomic mass is 10.3. The topological polar surface area (TPSA) is 42.7 Å². The Morgan fingerprint density at radius 1 is 1.27 bits per heavy atom. The Bertz CT molecular complexity index is 769. The van der Waals surface area contributed by atoms with E-state index >= 15 is 0 Å². The smallest absolute Gasteiger partial charge is 0.177 e. The fourth-order valence-corrected chi connectivity index (χ4v) is 3.04. The SMILES string of the molecule is CCn1c(C(C)NSc2ccc(F)cc2)nc2ncccc21. The van der Waals surface area contributed by atoms with Crippen molar-refractivity contribution >= 4 is 23.1 Å². The van der Waals surface area contributed by atoms with E-state index in [0.29, 0.717) is 0 Å². The molecule has 3 aromatic rings. The Balaban J connectivity index is 1.79. The standard InChI is InChI=1S/C16H17FN4S/c1-3-21-14-5-4-10-18-15(14)19-16(21)11(2)20-22-13-8-6-12(17)7-9-13/h4-11,20H,3H2,1-2H3. The summed E-state index contributed by atoms with van der Waals surface area (Å²) < 4.78 is 18.4. The van der Waals surface area contributed by atoms with Gasteiger partial charge in [-0.05, 0) is 62.2 Å². The molecule has 0 radical (unpaired) electrons. The Kier molecular flexibility index (Phi) is 4.40. The third kappa shape index (κ3) is 2.98. The van der Waals surface area contributed by atoms with Crippen molar-refractivity contribution in [2.24, 2.45) is 0 Å². The van der Waals surface area contributed by atoms with E-state index in [-0.39, 0.29) is 11.9 Å². The zero-order valence-electron chi connectivity index (χ0n) is 12.5. The number of pyridine rings is 1. The minimum atomic E-state index is -0.226. The number of aromatic nitrogens is 3. The van der Waals surface area contributed by atoms with Gasteiger partial charge < -0.3 is 4.57 Å². The fourth-order valence-electron chi connectivity index (χ4n) is 2.35. The number of nitrogens with zero attached hydrogens (tertiary/aromatic N) is 3. The number of hydrogen-bond donors (Lipinski definition) is 1. The van der Waals surface area contributed by atoms with Gasteiger partial charge in [0.25, 0.3) is 0 Å². The van der Waals surface area contributed by atoms with Crippen LogP contribution in [-0.4, -0.2) is 14.5 Å². The molecular formula is C16H17FN4S. The molecular weight excluding hydrogens is 299 g/mol. The number of halogens is 1. The van der Waals surface area contributed by atoms with E-state index in [1.807, 2.05) is 12.1 Å². The lowest BCUT2D eigenvalue weighted by Crippen LogP contribution is -2.16. The predicted octanol–water partition coefficient (Wildman–Crippen LogP) is 3.95. The maximum absolute atomic E-state index is 12.9. The van der Waals surface area contributed by atoms with E-state index in [2.05, 4.69) is 33.1 Å². The Morgan fingerprint density at radius 2 is 2.05 bits per heavy atom. The molecule has 0 saturated heterocycles. The molecule has 0 bridgehead atoms. The van der Waals surface area contributed by atoms with Gasteiger partial charge in [0.2, 0.25) is 0 Å². The van der Waals surface area contributed by atoms with Crippen LogP contribution in [0.4, 0.5) is 4.39 Å². The van der Waals surface area contributed by atoms with Gasteiger partial charge in [-0.2, -0.15) is 0 Å². The molecule has 0 amide bonds. The second kappa shape index (κ2) is 6.46. The summed E-state index contributed by atoms with van der Waals surface area (Å²) in [6, 6.07) is 10.4. The van der Waals surface area contributed by atoms with E-state index in [0.717, 1.165) is 28.4 Å². The molecule has 0 aliphatic carbocycles. The van der Waals surface area contributed by atoms with Crippen LogP contribution in [0, 0.1) is 5.82 Å². The van der Waals surface area contributed by atoms with Crippen LogP contribution in [0.15, 0.2) is 47.5 Å². The van der Waals surface area contributed by atoms with E-state index < -0.39 is 0 Å². The summed E-state index contributed by atoms with van der Waals surface area (Å²) in [5.41, 5.74) is 1.81. The van der Waals surface area contributed by atoms with Gasteiger partial charge in [0.05, 0.1) is 11.6 Å². The van der Waals surface area contributed by atoms with Crippen LogP contribution in [0.25, 0.3) is 11.2 Å². The van der Waals surface area contributed by atoms with E-state index in [1.54, 1.807) is 18.3 Å². The van der Waals surface area contributed by atoms with E-state index in [4.69, 9.17) is 0 Å². The maximum atomic E-state index is 12.9. The molecule has 4 nitrogen and oxygen atoms in total. The number of rotatable bonds is 5. The summed E-state index contributed by atoms with van der Waals surface area (Å²) in [6.45, 7) is 4.99. The average molecular weight is 316 g/mol. The molecule has 1 N–H and O–H groups in total. The molecule has 0 fully saturated rings. The highest BCUT2D eigenvalue weighted by Gasteiger charge is 2.16. The Labute approximate surface area is 132 Å². The molecule has 2 aromatic heterocycles. The van der Waals surface area contributed by atoms with Gasteiger partial charge in [0.1, 0.15) is 11.6 Å². The quantitative estimate of drug-likeness (QED) is 0.724. The van der Waals surface area contributed by atoms with Gasteiger partial charge in [-0.25, -0.2) is 19.1 Å². The summed E-state index contributed by atoms with van der Waals surface area (Å²) in [7, 11) is 0. The van der Waals surface area contributed by atoms with Gasteiger partial charge in [-0.15, -0.1) is 0 Å². The first-order valence-corrected chi connectivity index (χ1v) is 7.99. The van der Waals surface area contributed by atoms with Gasteiger partial charge in [-0.1, -0.05) is 0 Å². The minimum Gasteiger partial charge on any atom is -0.326 e. The van der Waals surface area contributed by atoms with Crippen LogP contribution in [0.3, 0.4) is 0 Å². The first kappa shape index (κ1) is 15.0. The summed E-state index contributed by atoms with van der Waals surface area (Å²) in [5.74, 6) is 0.724. The molecule has 3 rings (SSSR count). The summed E-state index contributed by atoms with van der Waals surface area (Å²) in [5, 5.41) is 0. The number of hydrogen-bond acceptors (Lipinski definition) is 4. The Hall–Kier alpha value is -1.92. The molecule has 22 heavy (non-hydrogen) atoms. The van der Waals surface area contributed by atoms with Crippen molar-refractivity contribution in [1.29, 1.82) is 0 Å². The zero-order valence-corrected chi connectivity index (χ0v) is 13.3. The van der Waals surface area contributed by atoms with Gasteiger partial charge in [-0.3, -0.25) is 0 Å². The molecule has 2 heterocycles. The lowest BCUT2D eigenvalue weighted by Gasteiger charge is -2.14. The number of imidazole rings is 1. The van der Waals surface area contributed by atoms with Crippen LogP contribution >= 0.6 is 11.9 Å². The van der Waals surface area contributed by atoms with Gasteiger partial charge in [0, 0.05) is 17.6 Å². The third-order valence-electron chi connectivity index (χ3n) is 3.42. The molecule has 0 aliphatic rings. The predicted molar refractivity (Wildman–Crippen MR) is 87.0 cm³/mol. The highest BCUT2D eigenvalue weighted by Crippen LogP contribution is 2.23. The molecule has 1 atom stereocenters. The summed E-state index contributed by atoms with van der Waals surface area (Å²) >= 11 is 1.47. The van der Waals surface area contributed by atoms with Crippen LogP contribution < -0.4 is 4.72 Å². The fraction of sp³-hybridized carbons (Fsp3) is 0.250. The Morgan fingerprint density at radius 3 is 2.77 bits per heavy atom. The second-order valence-corrected chi connectivity index (χ2v) is 5.87. The molecule has 1 aromatic carbocycles. The van der Waals surface area contributed by atoms with Crippen molar-refractivity contribution in [3.63, 3.8) is 0 Å². The molecule has 6 heteroatoms. The third-order valence-corrected chi connectivity index (χ3v) is 4.40. The summed E-state index contributed by atoms with van der Waals surface area (Å²) in [4.78, 5) is 9.90. The van der Waals surface area contributed by atoms with Crippen LogP contribution in [0.1, 0.15) is 25.7 Å². The van der Waals surface area contributed by atoms with Crippen LogP contribution in [-0.2, 0) is 6.54 Å². The number of benzene rings is 1. The van der Waals surface area contributed by atoms with Crippen molar-refractivity contribution in [2.75, 3.05) is 0 Å². The molecule has 0 aliphatic heterocycles. The lowest BCUT2D eigenvalue weighted by molar-refractivity contribution is 0.622. The highest BCUT2D eigenvalue weighted by molar-refractivity contribution is 7.97. The molecule has 0 saturated carbocycles. The first-order chi connectivity index (χ1) is 10.7. The monoisotopic (exact) mass is 316 g/mol. The van der Waals surface area contributed by atoms with Crippen molar-refractivity contribution in [3.8, 4) is 0 Å². The van der Waals surface area contributed by atoms with Gasteiger partial charge >= 0.3 is 0 Å². The summed E-state index contributed by atoms with van der Waals surface area (Å²) in [6.07, 6.45) is 1.75. The largest absolute Gasteiger partial charge is 0.326 e. The number of fused-ring (bicyclic) bond motifs is 1. The number of aryl methyl sites for hydroxylation is 1. The van der Waals surface area contributed by atoms with Crippen LogP contribution in [0.2, 0.25) is 0 Å². The van der Waals surface area contributed by atoms with E-state index in [9.17, 15) is 4.39 Å². The molecule has 1 unspecified atom stereocenters. The van der Waals surface area contributed by atoms with Crippen LogP contribution in [0.5, 0.6) is 0 Å². The highest BCUT2D eigenvalue weighted by atomic mass is 32.2. The first-order valence-electron chi connectivity index (χ1n) is 7.18. The van der Waals surface area contributed by atoms with Crippen molar-refractivity contribution < 1.29 is 4.39 Å². The van der Waals surface area contributed by atoms with Crippen molar-refractivity contribution in [1.82, 2.24) is 19.3 Å². The molecule has 0 spiro atoms. The minimum absolute atomic E-state index is 0.0456. The van der Waals surface area contributed by atoms with E-state index in [1.165, 1.54) is 24.1 Å². The maximum Gasteiger partial charge on any atom is 0.177 e. The molecule has 114 valence electrons. The zero-order chi connectivity index (χ0) is 15.5. The normalized spacial score (nSPS) is 12.7. The average Bonchev–Trinajstić information content (AvgIpc) is 2.92. The number of nitrogens with one attached hydrogen (secondary N) is 1. The van der Waals surface area contributed by atoms with Crippen molar-refractivity contribution in [3.05, 3.63) is 54.2 Å².